The van der Waals surface area contributed by atoms with E-state index in [4.69, 9.17) is 17.0 Å². The normalized spacial score (nSPS) is 19.0. The van der Waals surface area contributed by atoms with E-state index in [2.05, 4.69) is 170 Å². The standard InChI is InChI=1S/C23H29Si.C19H21Si.C2H7Si.2ClH.Zr/c1-6-8-17(2)20-15-19-9-7-10-22(23(19)16-20)18-11-13-21(14-12-18)24(3,4)5;1-14-12-16-6-5-7-18(19(16)13-14)15-8-10-17(11-9-15)20(2,3)4;1-3-2;;;/h7,9-17H,6,8H2,1-5H3;5-13H,1-4H3;3H,1-2H3;2*1H;/q;;;;;+2/p-2. The molecule has 0 fully saturated rings. The van der Waals surface area contributed by atoms with E-state index in [0.29, 0.717) is 5.92 Å². The van der Waals surface area contributed by atoms with Crippen LogP contribution >= 0.6 is 17.0 Å². The SMILES string of the molecule is CCCC(C)C1=Cc2c(-c3ccc([Si](C)(C)C)cc3)cccc2[CH]1[Zr]([Cl])([Cl])([CH]1C(C)=Cc2c(-c3ccc([Si](C)(C)C)cc3)cccc21)[SiH](C)C. The van der Waals surface area contributed by atoms with E-state index < -0.39 is 37.6 Å². The van der Waals surface area contributed by atoms with Crippen molar-refractivity contribution in [2.45, 2.75) is 93.2 Å². The third-order valence-corrected chi connectivity index (χ3v) is 68.1. The average Bonchev–Trinajstić information content (AvgIpc) is 3.63. The van der Waals surface area contributed by atoms with Crippen LogP contribution in [0, 0.1) is 5.92 Å². The Morgan fingerprint density at radius 1 is 0.660 bits per heavy atom. The molecule has 0 N–H and O–H groups in total. The topological polar surface area (TPSA) is 0 Å². The van der Waals surface area contributed by atoms with Gasteiger partial charge < -0.3 is 0 Å². The Labute approximate surface area is 314 Å². The molecule has 263 valence electrons. The maximum atomic E-state index is 8.73. The number of hydrogen-bond acceptors (Lipinski definition) is 0. The molecule has 2 aliphatic rings. The molecule has 0 bridgehead atoms. The number of hydrogen-bond donors (Lipinski definition) is 0. The van der Waals surface area contributed by atoms with Crippen LogP contribution in [-0.2, 0) is 15.6 Å². The van der Waals surface area contributed by atoms with Crippen LogP contribution in [0.2, 0.25) is 52.4 Å². The summed E-state index contributed by atoms with van der Waals surface area (Å²) >= 11 is -4.85. The molecule has 0 saturated heterocycles. The zero-order valence-corrected chi connectivity index (χ0v) is 39.3. The Balaban J connectivity index is 1.53. The van der Waals surface area contributed by atoms with Crippen LogP contribution in [0.15, 0.2) is 96.1 Å². The van der Waals surface area contributed by atoms with Gasteiger partial charge in [0.2, 0.25) is 0 Å². The van der Waals surface area contributed by atoms with Gasteiger partial charge >= 0.3 is 317 Å². The summed E-state index contributed by atoms with van der Waals surface area (Å²) in [7, 11) is 14.7. The Kier molecular flexibility index (Phi) is 10.5. The first kappa shape index (κ1) is 38.2. The molecule has 3 atom stereocenters. The van der Waals surface area contributed by atoms with Crippen LogP contribution in [0.5, 0.6) is 0 Å². The van der Waals surface area contributed by atoms with Crippen molar-refractivity contribution in [1.29, 1.82) is 0 Å². The Bertz CT molecular complexity index is 1980. The average molecular weight is 832 g/mol. The predicted molar refractivity (Wildman–Crippen MR) is 231 cm³/mol. The first-order chi connectivity index (χ1) is 23.4. The van der Waals surface area contributed by atoms with Crippen LogP contribution in [0.25, 0.3) is 34.4 Å². The van der Waals surface area contributed by atoms with Crippen LogP contribution in [0.3, 0.4) is 0 Å². The molecule has 0 heterocycles. The molecule has 50 heavy (non-hydrogen) atoms. The molecule has 2 aliphatic carbocycles. The van der Waals surface area contributed by atoms with E-state index in [0.717, 1.165) is 12.8 Å². The minimum absolute atomic E-state index is 0.0931. The summed E-state index contributed by atoms with van der Waals surface area (Å²) in [4.78, 5) is 0. The van der Waals surface area contributed by atoms with E-state index in [1.807, 2.05) is 0 Å². The fraction of sp³-hybridized carbons (Fsp3) is 0.364. The fourth-order valence-electron chi connectivity index (χ4n) is 8.99. The maximum absolute atomic E-state index is 8.73. The second-order valence-electron chi connectivity index (χ2n) is 17.7. The van der Waals surface area contributed by atoms with Gasteiger partial charge in [-0.05, 0) is 0 Å². The van der Waals surface area contributed by atoms with Gasteiger partial charge in [0, 0.05) is 0 Å². The zero-order valence-electron chi connectivity index (χ0n) is 32.2. The van der Waals surface area contributed by atoms with E-state index in [1.165, 1.54) is 66.0 Å². The predicted octanol–water partition coefficient (Wildman–Crippen LogP) is 13.1. The fourth-order valence-corrected chi connectivity index (χ4v) is 43.4. The van der Waals surface area contributed by atoms with Crippen LogP contribution in [0.4, 0.5) is 0 Å². The Hall–Kier alpha value is -1.53. The minimum atomic E-state index is -4.85. The van der Waals surface area contributed by atoms with Crippen LogP contribution < -0.4 is 10.4 Å². The van der Waals surface area contributed by atoms with E-state index in [-0.39, 0.29) is 7.25 Å². The van der Waals surface area contributed by atoms with Gasteiger partial charge in [0.15, 0.2) is 0 Å². The van der Waals surface area contributed by atoms with Crippen LogP contribution in [-0.4, -0.2) is 22.1 Å². The van der Waals surface area contributed by atoms with Crippen molar-refractivity contribution in [3.8, 4) is 22.3 Å². The van der Waals surface area contributed by atoms with Crippen molar-refractivity contribution in [1.82, 2.24) is 0 Å². The molecular formula is C44H57Cl2Si3Zr. The van der Waals surface area contributed by atoms with Gasteiger partial charge in [-0.3, -0.25) is 0 Å². The molecule has 0 saturated carbocycles. The number of allylic oxidation sites excluding steroid dienone is 2. The molecule has 0 amide bonds. The van der Waals surface area contributed by atoms with Gasteiger partial charge in [0.1, 0.15) is 0 Å². The summed E-state index contributed by atoms with van der Waals surface area (Å²) in [5, 5.41) is 2.99. The van der Waals surface area contributed by atoms with Crippen molar-refractivity contribution in [2.24, 2.45) is 5.92 Å². The van der Waals surface area contributed by atoms with Gasteiger partial charge in [-0.25, -0.2) is 0 Å². The van der Waals surface area contributed by atoms with Crippen LogP contribution in [0.1, 0.15) is 63.1 Å². The third-order valence-electron chi connectivity index (χ3n) is 12.0. The molecule has 4 aromatic rings. The second-order valence-corrected chi connectivity index (χ2v) is 70.4. The Morgan fingerprint density at radius 2 is 1.10 bits per heavy atom. The molecule has 6 rings (SSSR count). The van der Waals surface area contributed by atoms with Gasteiger partial charge in [-0.15, -0.1) is 0 Å². The number of rotatable bonds is 10. The second kappa shape index (κ2) is 13.7. The molecule has 0 spiro atoms. The summed E-state index contributed by atoms with van der Waals surface area (Å²) in [6.45, 7) is 26.5. The van der Waals surface area contributed by atoms with Crippen molar-refractivity contribution in [3.63, 3.8) is 0 Å². The third kappa shape index (κ3) is 6.51. The van der Waals surface area contributed by atoms with Crippen molar-refractivity contribution < 1.29 is 15.6 Å². The van der Waals surface area contributed by atoms with E-state index >= 15 is 0 Å². The zero-order chi connectivity index (χ0) is 36.4. The van der Waals surface area contributed by atoms with Gasteiger partial charge in [-0.2, -0.15) is 0 Å². The molecule has 0 nitrogen and oxygen atoms in total. The van der Waals surface area contributed by atoms with E-state index in [1.54, 1.807) is 0 Å². The number of benzene rings is 4. The first-order valence-electron chi connectivity index (χ1n) is 18.8. The van der Waals surface area contributed by atoms with Gasteiger partial charge in [0.25, 0.3) is 0 Å². The summed E-state index contributed by atoms with van der Waals surface area (Å²) in [6.07, 6.45) is 7.28. The number of halogens is 2. The van der Waals surface area contributed by atoms with Crippen molar-refractivity contribution >= 4 is 61.6 Å². The summed E-state index contributed by atoms with van der Waals surface area (Å²) in [5.41, 5.74) is 13.4. The molecule has 0 aliphatic heterocycles. The number of fused-ring (bicyclic) bond motifs is 2. The molecule has 4 aromatic carbocycles. The van der Waals surface area contributed by atoms with Crippen molar-refractivity contribution in [2.75, 3.05) is 0 Å². The van der Waals surface area contributed by atoms with Gasteiger partial charge in [-0.1, -0.05) is 0 Å². The summed E-state index contributed by atoms with van der Waals surface area (Å²) < 4.78 is 0.193. The quantitative estimate of drug-likeness (QED) is 0.140. The molecule has 3 unspecified atom stereocenters. The molecule has 0 aromatic heterocycles. The van der Waals surface area contributed by atoms with Crippen molar-refractivity contribution in [3.05, 3.63) is 118 Å². The monoisotopic (exact) mass is 829 g/mol. The molecule has 6 heteroatoms. The summed E-state index contributed by atoms with van der Waals surface area (Å²) in [5.74, 6) is -1.22. The van der Waals surface area contributed by atoms with E-state index in [9.17, 15) is 0 Å². The first-order valence-corrected chi connectivity index (χ1v) is 42.1. The molecular weight excluding hydrogens is 775 g/mol. The Morgan fingerprint density at radius 3 is 1.52 bits per heavy atom. The summed E-state index contributed by atoms with van der Waals surface area (Å²) in [6, 6.07) is 32.7. The molecule has 0 radical (unpaired) electrons. The van der Waals surface area contributed by atoms with Gasteiger partial charge in [0.05, 0.1) is 0 Å².